The number of morpholine rings is 1. The second kappa shape index (κ2) is 6.25. The molecule has 0 saturated carbocycles. The van der Waals surface area contributed by atoms with Gasteiger partial charge in [0.2, 0.25) is 0 Å². The van der Waals surface area contributed by atoms with E-state index in [1.165, 1.54) is 0 Å². The summed E-state index contributed by atoms with van der Waals surface area (Å²) >= 11 is 0. The lowest BCUT2D eigenvalue weighted by molar-refractivity contribution is -0.149. The van der Waals surface area contributed by atoms with Crippen LogP contribution in [-0.4, -0.2) is 57.6 Å². The first-order valence-corrected chi connectivity index (χ1v) is 8.76. The third-order valence-corrected chi connectivity index (χ3v) is 5.35. The van der Waals surface area contributed by atoms with Crippen LogP contribution in [0.1, 0.15) is 23.8 Å². The molecule has 2 fully saturated rings. The first-order valence-electron chi connectivity index (χ1n) is 8.76. The first-order chi connectivity index (χ1) is 12.5. The summed E-state index contributed by atoms with van der Waals surface area (Å²) in [6, 6.07) is 9.57. The second-order valence-electron chi connectivity index (χ2n) is 7.12. The van der Waals surface area contributed by atoms with Gasteiger partial charge in [0.15, 0.2) is 0 Å². The highest BCUT2D eigenvalue weighted by Gasteiger charge is 2.50. The smallest absolute Gasteiger partial charge is 0.272 e. The molecule has 7 heteroatoms. The van der Waals surface area contributed by atoms with Crippen LogP contribution in [0.2, 0.25) is 0 Å². The number of para-hydroxylation sites is 1. The SMILES string of the molecule is Cn1cncc1C(=O)N1CC[C@H]2N(c3ccccc3)C(=O)CO[C@]2(C)C1. The molecule has 4 rings (SSSR count). The lowest BCUT2D eigenvalue weighted by Gasteiger charge is -2.52. The maximum absolute atomic E-state index is 12.8. The predicted molar refractivity (Wildman–Crippen MR) is 95.8 cm³/mol. The Hall–Kier alpha value is -2.67. The molecule has 136 valence electrons. The van der Waals surface area contributed by atoms with Gasteiger partial charge < -0.3 is 19.1 Å². The van der Waals surface area contributed by atoms with Gasteiger partial charge in [0.05, 0.1) is 25.1 Å². The van der Waals surface area contributed by atoms with Gasteiger partial charge in [0.1, 0.15) is 17.9 Å². The van der Waals surface area contributed by atoms with Gasteiger partial charge in [-0.25, -0.2) is 4.98 Å². The summed E-state index contributed by atoms with van der Waals surface area (Å²) in [6.07, 6.45) is 3.87. The van der Waals surface area contributed by atoms with E-state index in [0.29, 0.717) is 25.2 Å². The fourth-order valence-electron chi connectivity index (χ4n) is 3.97. The topological polar surface area (TPSA) is 67.7 Å². The van der Waals surface area contributed by atoms with Gasteiger partial charge >= 0.3 is 0 Å². The molecule has 0 bridgehead atoms. The summed E-state index contributed by atoms with van der Waals surface area (Å²) in [6.45, 7) is 3.03. The highest BCUT2D eigenvalue weighted by Crippen LogP contribution is 2.36. The van der Waals surface area contributed by atoms with E-state index >= 15 is 0 Å². The fraction of sp³-hybridized carbons (Fsp3) is 0.421. The van der Waals surface area contributed by atoms with Crippen LogP contribution in [-0.2, 0) is 16.6 Å². The number of hydrogen-bond donors (Lipinski definition) is 0. The molecular weight excluding hydrogens is 332 g/mol. The molecule has 3 heterocycles. The van der Waals surface area contributed by atoms with Crippen LogP contribution in [0.25, 0.3) is 0 Å². The van der Waals surface area contributed by atoms with Crippen LogP contribution in [0.3, 0.4) is 0 Å². The molecule has 0 aliphatic carbocycles. The predicted octanol–water partition coefficient (Wildman–Crippen LogP) is 1.46. The average molecular weight is 354 g/mol. The number of rotatable bonds is 2. The van der Waals surface area contributed by atoms with E-state index in [-0.39, 0.29) is 24.5 Å². The number of anilines is 1. The van der Waals surface area contributed by atoms with Crippen molar-refractivity contribution in [2.75, 3.05) is 24.6 Å². The van der Waals surface area contributed by atoms with Gasteiger partial charge in [-0.15, -0.1) is 0 Å². The number of aryl methyl sites for hydroxylation is 1. The van der Waals surface area contributed by atoms with Gasteiger partial charge in [0.25, 0.3) is 11.8 Å². The van der Waals surface area contributed by atoms with Crippen molar-refractivity contribution in [1.82, 2.24) is 14.5 Å². The summed E-state index contributed by atoms with van der Waals surface area (Å²) in [5.41, 5.74) is 0.832. The van der Waals surface area contributed by atoms with Crippen LogP contribution < -0.4 is 4.90 Å². The largest absolute Gasteiger partial charge is 0.361 e. The summed E-state index contributed by atoms with van der Waals surface area (Å²) in [4.78, 5) is 33.1. The summed E-state index contributed by atoms with van der Waals surface area (Å²) in [5.74, 6) is -0.0958. The number of hydrogen-bond acceptors (Lipinski definition) is 4. The number of aromatic nitrogens is 2. The normalized spacial score (nSPS) is 25.9. The van der Waals surface area contributed by atoms with Crippen LogP contribution in [0.4, 0.5) is 5.69 Å². The number of fused-ring (bicyclic) bond motifs is 1. The number of imidazole rings is 1. The third-order valence-electron chi connectivity index (χ3n) is 5.35. The van der Waals surface area contributed by atoms with Gasteiger partial charge in [-0.2, -0.15) is 0 Å². The lowest BCUT2D eigenvalue weighted by Crippen LogP contribution is -2.68. The van der Waals surface area contributed by atoms with E-state index in [2.05, 4.69) is 4.98 Å². The molecule has 2 saturated heterocycles. The first kappa shape index (κ1) is 16.8. The maximum atomic E-state index is 12.8. The Morgan fingerprint density at radius 2 is 2.08 bits per heavy atom. The zero-order chi connectivity index (χ0) is 18.3. The second-order valence-corrected chi connectivity index (χ2v) is 7.12. The molecule has 2 aromatic rings. The Morgan fingerprint density at radius 3 is 2.77 bits per heavy atom. The lowest BCUT2D eigenvalue weighted by atomic mass is 9.85. The molecule has 2 atom stereocenters. The minimum absolute atomic E-state index is 0.0234. The van der Waals surface area contributed by atoms with Crippen molar-refractivity contribution in [2.24, 2.45) is 7.05 Å². The number of ether oxygens (including phenoxy) is 1. The Balaban J connectivity index is 1.60. The number of carbonyl (C=O) groups is 2. The Kier molecular flexibility index (Phi) is 4.03. The number of amides is 2. The summed E-state index contributed by atoms with van der Waals surface area (Å²) < 4.78 is 7.67. The molecule has 2 aliphatic rings. The van der Waals surface area contributed by atoms with E-state index in [4.69, 9.17) is 4.74 Å². The zero-order valence-electron chi connectivity index (χ0n) is 15.0. The molecule has 0 radical (unpaired) electrons. The average Bonchev–Trinajstić information content (AvgIpc) is 3.07. The number of carbonyl (C=O) groups excluding carboxylic acids is 2. The Bertz CT molecular complexity index is 834. The van der Waals surface area contributed by atoms with E-state index in [9.17, 15) is 9.59 Å². The van der Waals surface area contributed by atoms with Crippen molar-refractivity contribution >= 4 is 17.5 Å². The van der Waals surface area contributed by atoms with Crippen molar-refractivity contribution < 1.29 is 14.3 Å². The van der Waals surface area contributed by atoms with Crippen LogP contribution >= 0.6 is 0 Å². The molecule has 1 aromatic heterocycles. The summed E-state index contributed by atoms with van der Waals surface area (Å²) in [7, 11) is 1.81. The fourth-order valence-corrected chi connectivity index (χ4v) is 3.97. The van der Waals surface area contributed by atoms with E-state index in [0.717, 1.165) is 5.69 Å². The highest BCUT2D eigenvalue weighted by atomic mass is 16.5. The van der Waals surface area contributed by atoms with Crippen molar-refractivity contribution in [3.05, 3.63) is 48.5 Å². The van der Waals surface area contributed by atoms with Gasteiger partial charge in [-0.05, 0) is 25.5 Å². The van der Waals surface area contributed by atoms with Crippen molar-refractivity contribution in [2.45, 2.75) is 25.0 Å². The standard InChI is InChI=1S/C19H22N4O3/c1-19-12-22(18(25)15-10-20-13-21(15)2)9-8-16(19)23(17(24)11-26-19)14-6-4-3-5-7-14/h3-7,10,13,16H,8-9,11-12H2,1-2H3/t16-,19-/m1/s1. The van der Waals surface area contributed by atoms with Gasteiger partial charge in [-0.3, -0.25) is 9.59 Å². The van der Waals surface area contributed by atoms with Crippen molar-refractivity contribution in [3.8, 4) is 0 Å². The van der Waals surface area contributed by atoms with Crippen LogP contribution in [0.15, 0.2) is 42.9 Å². The molecule has 2 amide bonds. The summed E-state index contributed by atoms with van der Waals surface area (Å²) in [5, 5.41) is 0. The molecule has 0 N–H and O–H groups in total. The molecule has 26 heavy (non-hydrogen) atoms. The van der Waals surface area contributed by atoms with Gasteiger partial charge in [0, 0.05) is 19.3 Å². The molecule has 0 unspecified atom stereocenters. The monoisotopic (exact) mass is 354 g/mol. The quantitative estimate of drug-likeness (QED) is 0.819. The zero-order valence-corrected chi connectivity index (χ0v) is 15.0. The number of likely N-dealkylation sites (tertiary alicyclic amines) is 1. The third kappa shape index (κ3) is 2.68. The van der Waals surface area contributed by atoms with E-state index in [1.807, 2.05) is 49.2 Å². The number of piperidine rings is 1. The van der Waals surface area contributed by atoms with E-state index < -0.39 is 5.60 Å². The Labute approximate surface area is 152 Å². The highest BCUT2D eigenvalue weighted by molar-refractivity contribution is 5.96. The number of nitrogens with zero attached hydrogens (tertiary/aromatic N) is 4. The maximum Gasteiger partial charge on any atom is 0.272 e. The van der Waals surface area contributed by atoms with Crippen LogP contribution in [0, 0.1) is 0 Å². The van der Waals surface area contributed by atoms with Crippen molar-refractivity contribution in [1.29, 1.82) is 0 Å². The molecular formula is C19H22N4O3. The van der Waals surface area contributed by atoms with Gasteiger partial charge in [-0.1, -0.05) is 18.2 Å². The van der Waals surface area contributed by atoms with Crippen LogP contribution in [0.5, 0.6) is 0 Å². The van der Waals surface area contributed by atoms with E-state index in [1.54, 1.807) is 22.0 Å². The number of benzene rings is 1. The minimum Gasteiger partial charge on any atom is -0.361 e. The minimum atomic E-state index is -0.601. The molecule has 1 aromatic carbocycles. The molecule has 7 nitrogen and oxygen atoms in total. The molecule has 2 aliphatic heterocycles. The molecule has 0 spiro atoms. The van der Waals surface area contributed by atoms with Crippen molar-refractivity contribution in [3.63, 3.8) is 0 Å². The Morgan fingerprint density at radius 1 is 1.31 bits per heavy atom.